The van der Waals surface area contributed by atoms with Gasteiger partial charge in [-0.3, -0.25) is 0 Å². The fourth-order valence-electron chi connectivity index (χ4n) is 3.42. The van der Waals surface area contributed by atoms with E-state index >= 15 is 0 Å². The van der Waals surface area contributed by atoms with Crippen molar-refractivity contribution in [1.82, 2.24) is 4.98 Å². The first kappa shape index (κ1) is 16.7. The SMILES string of the molecule is O=C(O)Oc1c(N2CCCC2)nc2ccc(Cl)cc2c1-c1ccccc1. The third kappa shape index (κ3) is 3.06. The molecule has 0 aliphatic carbocycles. The summed E-state index contributed by atoms with van der Waals surface area (Å²) in [4.78, 5) is 18.2. The van der Waals surface area contributed by atoms with Crippen LogP contribution in [0.4, 0.5) is 10.6 Å². The van der Waals surface area contributed by atoms with Gasteiger partial charge in [0.1, 0.15) is 0 Å². The Bertz CT molecular complexity index is 970. The molecule has 0 saturated carbocycles. The van der Waals surface area contributed by atoms with Crippen molar-refractivity contribution < 1.29 is 14.6 Å². The minimum Gasteiger partial charge on any atom is -0.449 e. The lowest BCUT2D eigenvalue weighted by atomic mass is 9.99. The van der Waals surface area contributed by atoms with Crippen molar-refractivity contribution in [3.63, 3.8) is 0 Å². The molecule has 0 spiro atoms. The third-order valence-corrected chi connectivity index (χ3v) is 4.78. The molecule has 4 rings (SSSR count). The summed E-state index contributed by atoms with van der Waals surface area (Å²) >= 11 is 6.21. The van der Waals surface area contributed by atoms with Gasteiger partial charge < -0.3 is 14.7 Å². The number of hydrogen-bond donors (Lipinski definition) is 1. The first-order valence-electron chi connectivity index (χ1n) is 8.48. The van der Waals surface area contributed by atoms with E-state index in [0.29, 0.717) is 16.4 Å². The van der Waals surface area contributed by atoms with Gasteiger partial charge in [0.25, 0.3) is 0 Å². The standard InChI is InChI=1S/C20H17ClN2O3/c21-14-8-9-16-15(12-14)17(13-6-2-1-3-7-13)18(26-20(24)25)19(22-16)23-10-4-5-11-23/h1-3,6-9,12H,4-5,10-11H2,(H,24,25). The maximum atomic E-state index is 11.4. The molecule has 1 aliphatic rings. The lowest BCUT2D eigenvalue weighted by Gasteiger charge is -2.22. The molecule has 3 aromatic rings. The second-order valence-corrected chi connectivity index (χ2v) is 6.67. The van der Waals surface area contributed by atoms with E-state index < -0.39 is 6.16 Å². The van der Waals surface area contributed by atoms with Crippen molar-refractivity contribution in [1.29, 1.82) is 0 Å². The molecule has 0 bridgehead atoms. The largest absolute Gasteiger partial charge is 0.511 e. The summed E-state index contributed by atoms with van der Waals surface area (Å²) in [5.74, 6) is 0.832. The van der Waals surface area contributed by atoms with Crippen LogP contribution in [-0.2, 0) is 0 Å². The Morgan fingerprint density at radius 2 is 1.85 bits per heavy atom. The van der Waals surface area contributed by atoms with Gasteiger partial charge in [-0.05, 0) is 36.6 Å². The highest BCUT2D eigenvalue weighted by atomic mass is 35.5. The molecule has 0 atom stereocenters. The fraction of sp³-hybridized carbons (Fsp3) is 0.200. The molecule has 1 saturated heterocycles. The molecule has 6 heteroatoms. The molecule has 1 fully saturated rings. The van der Waals surface area contributed by atoms with E-state index in [1.165, 1.54) is 0 Å². The number of hydrogen-bond acceptors (Lipinski definition) is 4. The number of pyridine rings is 1. The van der Waals surface area contributed by atoms with E-state index in [0.717, 1.165) is 42.4 Å². The van der Waals surface area contributed by atoms with Gasteiger partial charge in [0.05, 0.1) is 5.52 Å². The van der Waals surface area contributed by atoms with Crippen molar-refractivity contribution in [2.24, 2.45) is 0 Å². The molecule has 0 amide bonds. The highest BCUT2D eigenvalue weighted by Crippen LogP contribution is 2.43. The summed E-state index contributed by atoms with van der Waals surface area (Å²) in [6.07, 6.45) is 0.743. The van der Waals surface area contributed by atoms with Crippen LogP contribution in [0.15, 0.2) is 48.5 Å². The molecule has 1 N–H and O–H groups in total. The Balaban J connectivity index is 2.07. The van der Waals surface area contributed by atoms with Gasteiger partial charge in [-0.1, -0.05) is 41.9 Å². The predicted molar refractivity (Wildman–Crippen MR) is 102 cm³/mol. The van der Waals surface area contributed by atoms with E-state index in [1.807, 2.05) is 36.4 Å². The summed E-state index contributed by atoms with van der Waals surface area (Å²) in [5.41, 5.74) is 2.31. The van der Waals surface area contributed by atoms with Crippen LogP contribution >= 0.6 is 11.6 Å². The van der Waals surface area contributed by atoms with E-state index in [4.69, 9.17) is 21.3 Å². The molecule has 1 aliphatic heterocycles. The van der Waals surface area contributed by atoms with Crippen LogP contribution in [0.25, 0.3) is 22.0 Å². The molecular weight excluding hydrogens is 352 g/mol. The van der Waals surface area contributed by atoms with Crippen LogP contribution in [0.5, 0.6) is 5.75 Å². The van der Waals surface area contributed by atoms with Gasteiger partial charge in [0.2, 0.25) is 0 Å². The van der Waals surface area contributed by atoms with Crippen LogP contribution in [0, 0.1) is 0 Å². The van der Waals surface area contributed by atoms with Gasteiger partial charge in [0.15, 0.2) is 11.6 Å². The quantitative estimate of drug-likeness (QED) is 0.643. The van der Waals surface area contributed by atoms with E-state index in [2.05, 4.69) is 4.90 Å². The van der Waals surface area contributed by atoms with Gasteiger partial charge in [-0.2, -0.15) is 0 Å². The zero-order chi connectivity index (χ0) is 18.1. The second kappa shape index (κ2) is 6.84. The third-order valence-electron chi connectivity index (χ3n) is 4.54. The molecule has 0 radical (unpaired) electrons. The first-order valence-corrected chi connectivity index (χ1v) is 8.85. The first-order chi connectivity index (χ1) is 12.6. The van der Waals surface area contributed by atoms with E-state index in [1.54, 1.807) is 12.1 Å². The Morgan fingerprint density at radius 3 is 2.54 bits per heavy atom. The monoisotopic (exact) mass is 368 g/mol. The molecule has 0 unspecified atom stereocenters. The summed E-state index contributed by atoms with van der Waals surface area (Å²) in [6, 6.07) is 15.0. The predicted octanol–water partition coefficient (Wildman–Crippen LogP) is 5.21. The van der Waals surface area contributed by atoms with Gasteiger partial charge >= 0.3 is 6.16 Å². The minimum absolute atomic E-state index is 0.264. The average molecular weight is 369 g/mol. The normalized spacial score (nSPS) is 14.0. The number of aromatic nitrogens is 1. The fourth-order valence-corrected chi connectivity index (χ4v) is 3.60. The second-order valence-electron chi connectivity index (χ2n) is 6.23. The minimum atomic E-state index is -1.36. The number of anilines is 1. The van der Waals surface area contributed by atoms with Crippen molar-refractivity contribution in [2.45, 2.75) is 12.8 Å². The zero-order valence-corrected chi connectivity index (χ0v) is 14.7. The summed E-state index contributed by atoms with van der Waals surface area (Å²) in [5, 5.41) is 10.7. The smallest absolute Gasteiger partial charge is 0.449 e. The Labute approximate surface area is 155 Å². The number of rotatable bonds is 3. The van der Waals surface area contributed by atoms with Crippen LogP contribution < -0.4 is 9.64 Å². The number of carboxylic acid groups (broad SMARTS) is 1. The Hall–Kier alpha value is -2.79. The molecule has 26 heavy (non-hydrogen) atoms. The topological polar surface area (TPSA) is 62.7 Å². The number of benzene rings is 2. The van der Waals surface area contributed by atoms with Gasteiger partial charge in [-0.25, -0.2) is 9.78 Å². The number of carbonyl (C=O) groups is 1. The lowest BCUT2D eigenvalue weighted by Crippen LogP contribution is -2.21. The van der Waals surface area contributed by atoms with E-state index in [9.17, 15) is 9.90 Å². The zero-order valence-electron chi connectivity index (χ0n) is 14.0. The lowest BCUT2D eigenvalue weighted by molar-refractivity contribution is 0.144. The van der Waals surface area contributed by atoms with Crippen molar-refractivity contribution in [3.05, 3.63) is 53.6 Å². The van der Waals surface area contributed by atoms with Crippen LogP contribution in [0.3, 0.4) is 0 Å². The summed E-state index contributed by atoms with van der Waals surface area (Å²) in [6.45, 7) is 1.66. The van der Waals surface area contributed by atoms with Crippen molar-refractivity contribution >= 4 is 34.5 Å². The van der Waals surface area contributed by atoms with Crippen LogP contribution in [0.1, 0.15) is 12.8 Å². The molecule has 5 nitrogen and oxygen atoms in total. The van der Waals surface area contributed by atoms with Crippen LogP contribution in [-0.4, -0.2) is 29.3 Å². The van der Waals surface area contributed by atoms with Gasteiger partial charge in [0, 0.05) is 29.1 Å². The number of ether oxygens (including phenoxy) is 1. The van der Waals surface area contributed by atoms with E-state index in [-0.39, 0.29) is 5.75 Å². The number of fused-ring (bicyclic) bond motifs is 1. The molecule has 1 aromatic heterocycles. The highest BCUT2D eigenvalue weighted by molar-refractivity contribution is 6.31. The molecular formula is C20H17ClN2O3. The highest BCUT2D eigenvalue weighted by Gasteiger charge is 2.26. The maximum absolute atomic E-state index is 11.4. The van der Waals surface area contributed by atoms with Crippen LogP contribution in [0.2, 0.25) is 5.02 Å². The Morgan fingerprint density at radius 1 is 1.12 bits per heavy atom. The summed E-state index contributed by atoms with van der Waals surface area (Å²) < 4.78 is 5.26. The molecule has 132 valence electrons. The van der Waals surface area contributed by atoms with Gasteiger partial charge in [-0.15, -0.1) is 0 Å². The molecule has 2 aromatic carbocycles. The van der Waals surface area contributed by atoms with Crippen molar-refractivity contribution in [2.75, 3.05) is 18.0 Å². The summed E-state index contributed by atoms with van der Waals surface area (Å²) in [7, 11) is 0. The Kier molecular flexibility index (Phi) is 4.39. The maximum Gasteiger partial charge on any atom is 0.511 e. The average Bonchev–Trinajstić information content (AvgIpc) is 3.16. The number of halogens is 1. The molecule has 2 heterocycles. The van der Waals surface area contributed by atoms with Crippen molar-refractivity contribution in [3.8, 4) is 16.9 Å². The number of nitrogens with zero attached hydrogens (tertiary/aromatic N) is 2.